The Bertz CT molecular complexity index is 657. The molecule has 9 nitrogen and oxygen atoms in total. The highest BCUT2D eigenvalue weighted by Crippen LogP contribution is 2.43. The summed E-state index contributed by atoms with van der Waals surface area (Å²) in [5.41, 5.74) is -4.82. The van der Waals surface area contributed by atoms with Gasteiger partial charge in [-0.2, -0.15) is 13.2 Å². The lowest BCUT2D eigenvalue weighted by Gasteiger charge is -2.21. The number of nitro benzene ring substituents is 2. The van der Waals surface area contributed by atoms with E-state index < -0.39 is 44.7 Å². The Morgan fingerprint density at radius 2 is 1.64 bits per heavy atom. The molecule has 138 valence electrons. The van der Waals surface area contributed by atoms with Gasteiger partial charge in [0.1, 0.15) is 0 Å². The first-order chi connectivity index (χ1) is 11.5. The summed E-state index contributed by atoms with van der Waals surface area (Å²) in [6.45, 7) is 2.68. The lowest BCUT2D eigenvalue weighted by atomic mass is 10.1. The first-order valence-electron chi connectivity index (χ1n) is 7.02. The number of alkyl halides is 3. The molecule has 1 aromatic carbocycles. The van der Waals surface area contributed by atoms with Gasteiger partial charge in [-0.1, -0.05) is 6.92 Å². The summed E-state index contributed by atoms with van der Waals surface area (Å²) in [6.07, 6.45) is -5.93. The van der Waals surface area contributed by atoms with Gasteiger partial charge in [0.15, 0.2) is 0 Å². The lowest BCUT2D eigenvalue weighted by Crippen LogP contribution is -2.33. The molecule has 0 radical (unpaired) electrons. The van der Waals surface area contributed by atoms with Crippen molar-refractivity contribution in [1.29, 1.82) is 0 Å². The van der Waals surface area contributed by atoms with Crippen molar-refractivity contribution in [2.45, 2.75) is 26.4 Å². The smallest absolute Gasteiger partial charge is 0.416 e. The van der Waals surface area contributed by atoms with Crippen LogP contribution < -0.4 is 4.90 Å². The summed E-state index contributed by atoms with van der Waals surface area (Å²) >= 11 is 0. The minimum atomic E-state index is -5.03. The van der Waals surface area contributed by atoms with Gasteiger partial charge in [0, 0.05) is 18.7 Å². The number of anilines is 1. The maximum Gasteiger partial charge on any atom is 0.416 e. The van der Waals surface area contributed by atoms with E-state index in [0.717, 1.165) is 0 Å². The largest absolute Gasteiger partial charge is 0.449 e. The molecule has 0 atom stereocenters. The molecule has 1 aromatic rings. The Morgan fingerprint density at radius 3 is 1.96 bits per heavy atom. The van der Waals surface area contributed by atoms with Crippen LogP contribution in [0.1, 0.15) is 25.8 Å². The molecule has 0 aliphatic rings. The van der Waals surface area contributed by atoms with Gasteiger partial charge in [-0.15, -0.1) is 0 Å². The minimum Gasteiger partial charge on any atom is -0.449 e. The molecule has 0 fully saturated rings. The highest BCUT2D eigenvalue weighted by Gasteiger charge is 2.40. The maximum absolute atomic E-state index is 12.9. The van der Waals surface area contributed by atoms with Gasteiger partial charge in [0.05, 0.1) is 22.0 Å². The molecule has 12 heteroatoms. The average Bonchev–Trinajstić information content (AvgIpc) is 2.50. The molecule has 0 bridgehead atoms. The number of halogens is 3. The molecule has 1 rings (SSSR count). The number of benzene rings is 1. The van der Waals surface area contributed by atoms with Crippen molar-refractivity contribution in [3.05, 3.63) is 37.9 Å². The zero-order valence-electron chi connectivity index (χ0n) is 13.2. The molecular weight excluding hydrogens is 351 g/mol. The van der Waals surface area contributed by atoms with E-state index in [1.54, 1.807) is 6.92 Å². The highest BCUT2D eigenvalue weighted by molar-refractivity contribution is 5.94. The van der Waals surface area contributed by atoms with Crippen LogP contribution in [0, 0.1) is 20.2 Å². The van der Waals surface area contributed by atoms with Gasteiger partial charge in [-0.25, -0.2) is 4.79 Å². The monoisotopic (exact) mass is 365 g/mol. The fraction of sp³-hybridized carbons (Fsp3) is 0.462. The van der Waals surface area contributed by atoms with Crippen LogP contribution in [0.2, 0.25) is 0 Å². The molecule has 0 aliphatic heterocycles. The summed E-state index contributed by atoms with van der Waals surface area (Å²) < 4.78 is 43.4. The maximum atomic E-state index is 12.9. The van der Waals surface area contributed by atoms with Crippen LogP contribution in [-0.2, 0) is 10.9 Å². The van der Waals surface area contributed by atoms with Gasteiger partial charge in [-0.05, 0) is 13.3 Å². The first kappa shape index (κ1) is 20.1. The third-order valence-electron chi connectivity index (χ3n) is 3.00. The van der Waals surface area contributed by atoms with Crippen molar-refractivity contribution in [1.82, 2.24) is 0 Å². The van der Waals surface area contributed by atoms with Crippen molar-refractivity contribution in [3.63, 3.8) is 0 Å². The van der Waals surface area contributed by atoms with Crippen LogP contribution in [-0.4, -0.2) is 29.1 Å². The van der Waals surface area contributed by atoms with E-state index >= 15 is 0 Å². The standard InChI is InChI=1S/C13H14F3N3O6/c1-3-5-17(12(20)25-4-2)11-9(18(21)22)6-8(13(14,15)16)7-10(11)19(23)24/h6-7H,3-5H2,1-2H3. The Labute approximate surface area is 139 Å². The predicted molar refractivity (Wildman–Crippen MR) is 79.4 cm³/mol. The average molecular weight is 365 g/mol. The van der Waals surface area contributed by atoms with Crippen LogP contribution in [0.15, 0.2) is 12.1 Å². The molecule has 0 aromatic heterocycles. The van der Waals surface area contributed by atoms with Gasteiger partial charge in [0.25, 0.3) is 0 Å². The van der Waals surface area contributed by atoms with Gasteiger partial charge >= 0.3 is 23.6 Å². The summed E-state index contributed by atoms with van der Waals surface area (Å²) in [5, 5.41) is 22.4. The number of rotatable bonds is 6. The molecule has 25 heavy (non-hydrogen) atoms. The van der Waals surface area contributed by atoms with Gasteiger partial charge in [-0.3, -0.25) is 25.1 Å². The van der Waals surface area contributed by atoms with Crippen molar-refractivity contribution < 1.29 is 32.5 Å². The summed E-state index contributed by atoms with van der Waals surface area (Å²) in [4.78, 5) is 32.6. The number of nitro groups is 2. The number of nitrogens with zero attached hydrogens (tertiary/aromatic N) is 3. The first-order valence-corrected chi connectivity index (χ1v) is 7.02. The topological polar surface area (TPSA) is 116 Å². The fourth-order valence-electron chi connectivity index (χ4n) is 2.04. The fourth-order valence-corrected chi connectivity index (χ4v) is 2.04. The molecule has 0 spiro atoms. The van der Waals surface area contributed by atoms with Gasteiger partial charge < -0.3 is 4.74 Å². The van der Waals surface area contributed by atoms with Crippen molar-refractivity contribution in [2.75, 3.05) is 18.1 Å². The van der Waals surface area contributed by atoms with Crippen molar-refractivity contribution in [2.24, 2.45) is 0 Å². The zero-order valence-corrected chi connectivity index (χ0v) is 13.2. The molecule has 0 aliphatic carbocycles. The minimum absolute atomic E-state index is 0.124. The summed E-state index contributed by atoms with van der Waals surface area (Å²) in [5.74, 6) is 0. The quantitative estimate of drug-likeness (QED) is 0.558. The van der Waals surface area contributed by atoms with E-state index in [1.807, 2.05) is 0 Å². The molecule has 1 amide bonds. The van der Waals surface area contributed by atoms with E-state index in [1.165, 1.54) is 6.92 Å². The number of carbonyl (C=O) groups excluding carboxylic acids is 1. The second-order valence-electron chi connectivity index (χ2n) is 4.73. The molecule has 0 heterocycles. The van der Waals surface area contributed by atoms with Gasteiger partial charge in [0.2, 0.25) is 5.69 Å². The number of hydrogen-bond acceptors (Lipinski definition) is 6. The SMILES string of the molecule is CCCN(C(=O)OCC)c1c([N+](=O)[O-])cc(C(F)(F)F)cc1[N+](=O)[O-]. The third kappa shape index (κ3) is 4.55. The van der Waals surface area contributed by atoms with E-state index in [-0.39, 0.29) is 31.7 Å². The second kappa shape index (κ2) is 7.77. The second-order valence-corrected chi connectivity index (χ2v) is 4.73. The Hall–Kier alpha value is -2.92. The lowest BCUT2D eigenvalue weighted by molar-refractivity contribution is -0.393. The van der Waals surface area contributed by atoms with E-state index in [4.69, 9.17) is 4.74 Å². The van der Waals surface area contributed by atoms with Crippen LogP contribution in [0.4, 0.5) is 35.0 Å². The van der Waals surface area contributed by atoms with E-state index in [0.29, 0.717) is 4.90 Å². The van der Waals surface area contributed by atoms with Crippen LogP contribution in [0.3, 0.4) is 0 Å². The molecular formula is C13H14F3N3O6. The molecule has 0 N–H and O–H groups in total. The number of amides is 1. The Balaban J connectivity index is 3.77. The molecule has 0 unspecified atom stereocenters. The molecule has 0 saturated carbocycles. The Morgan fingerprint density at radius 1 is 1.16 bits per heavy atom. The van der Waals surface area contributed by atoms with Crippen molar-refractivity contribution in [3.8, 4) is 0 Å². The summed E-state index contributed by atoms with van der Waals surface area (Å²) in [7, 11) is 0. The van der Waals surface area contributed by atoms with Crippen molar-refractivity contribution >= 4 is 23.2 Å². The summed E-state index contributed by atoms with van der Waals surface area (Å²) in [6, 6.07) is 0.314. The van der Waals surface area contributed by atoms with E-state index in [9.17, 15) is 38.2 Å². The number of carbonyl (C=O) groups is 1. The number of ether oxygens (including phenoxy) is 1. The van der Waals surface area contributed by atoms with Crippen LogP contribution in [0.25, 0.3) is 0 Å². The molecule has 0 saturated heterocycles. The Kier molecular flexibility index (Phi) is 6.25. The normalized spacial score (nSPS) is 11.1. The zero-order chi connectivity index (χ0) is 19.4. The highest BCUT2D eigenvalue weighted by atomic mass is 19.4. The van der Waals surface area contributed by atoms with Crippen LogP contribution >= 0.6 is 0 Å². The third-order valence-corrected chi connectivity index (χ3v) is 3.00. The number of hydrogen-bond donors (Lipinski definition) is 0. The van der Waals surface area contributed by atoms with E-state index in [2.05, 4.69) is 0 Å². The van der Waals surface area contributed by atoms with Crippen LogP contribution in [0.5, 0.6) is 0 Å². The predicted octanol–water partition coefficient (Wildman–Crippen LogP) is 3.89.